The third kappa shape index (κ3) is 3.98. The Balaban J connectivity index is 1.35. The van der Waals surface area contributed by atoms with Crippen LogP contribution in [0.25, 0.3) is 15.9 Å². The first-order valence-corrected chi connectivity index (χ1v) is 11.1. The van der Waals surface area contributed by atoms with Crippen molar-refractivity contribution >= 4 is 44.2 Å². The third-order valence-corrected chi connectivity index (χ3v) is 6.61. The van der Waals surface area contributed by atoms with Crippen LogP contribution in [0.2, 0.25) is 5.02 Å². The standard InChI is InChI=1S/C21H18ClFN6OS/c22-13-3-1-6-17(29-24-9-10-25-29)19(13)20(30)26-14-4-2-5-15(14)27-21-28-16-8-7-12(23)11-18(16)31-21/h1,3,6-11,14-15H,2,4-5H2,(H,26,30)(H,27,28)/t14-,15-/m1/s1. The number of anilines is 1. The number of amides is 1. The molecule has 0 radical (unpaired) electrons. The molecule has 31 heavy (non-hydrogen) atoms. The molecule has 7 nitrogen and oxygen atoms in total. The molecule has 2 N–H and O–H groups in total. The second-order valence-electron chi connectivity index (χ2n) is 7.35. The van der Waals surface area contributed by atoms with Gasteiger partial charge in [-0.05, 0) is 49.6 Å². The molecule has 1 aliphatic carbocycles. The van der Waals surface area contributed by atoms with Crippen molar-refractivity contribution in [2.75, 3.05) is 5.32 Å². The molecule has 1 saturated carbocycles. The number of nitrogens with one attached hydrogen (secondary N) is 2. The van der Waals surface area contributed by atoms with Gasteiger partial charge in [-0.3, -0.25) is 4.79 Å². The molecule has 10 heteroatoms. The van der Waals surface area contributed by atoms with Crippen LogP contribution >= 0.6 is 22.9 Å². The molecular weight excluding hydrogens is 439 g/mol. The van der Waals surface area contributed by atoms with E-state index in [1.807, 2.05) is 0 Å². The molecule has 2 aromatic heterocycles. The number of fused-ring (bicyclic) bond motifs is 1. The normalized spacial score (nSPS) is 18.4. The molecule has 4 aromatic rings. The number of aromatic nitrogens is 4. The molecule has 0 bridgehead atoms. The number of carbonyl (C=O) groups excluding carboxylic acids is 1. The number of hydrogen-bond acceptors (Lipinski definition) is 6. The van der Waals surface area contributed by atoms with E-state index < -0.39 is 0 Å². The van der Waals surface area contributed by atoms with Crippen molar-refractivity contribution in [3.05, 3.63) is 65.2 Å². The molecule has 1 aliphatic rings. The van der Waals surface area contributed by atoms with Crippen molar-refractivity contribution in [1.29, 1.82) is 0 Å². The number of halogens is 2. The highest BCUT2D eigenvalue weighted by Crippen LogP contribution is 2.30. The van der Waals surface area contributed by atoms with Gasteiger partial charge in [0.05, 0.1) is 38.9 Å². The highest BCUT2D eigenvalue weighted by atomic mass is 35.5. The van der Waals surface area contributed by atoms with Gasteiger partial charge in [-0.15, -0.1) is 0 Å². The Morgan fingerprint density at radius 2 is 1.97 bits per heavy atom. The monoisotopic (exact) mass is 456 g/mol. The molecule has 2 atom stereocenters. The number of rotatable bonds is 5. The van der Waals surface area contributed by atoms with E-state index in [2.05, 4.69) is 25.8 Å². The quantitative estimate of drug-likeness (QED) is 0.464. The van der Waals surface area contributed by atoms with Gasteiger partial charge in [0.2, 0.25) is 0 Å². The van der Waals surface area contributed by atoms with Gasteiger partial charge in [-0.2, -0.15) is 15.0 Å². The molecule has 5 rings (SSSR count). The lowest BCUT2D eigenvalue weighted by atomic mass is 10.1. The van der Waals surface area contributed by atoms with Crippen LogP contribution in [0.1, 0.15) is 29.6 Å². The summed E-state index contributed by atoms with van der Waals surface area (Å²) in [5.41, 5.74) is 1.60. The summed E-state index contributed by atoms with van der Waals surface area (Å²) in [5.74, 6) is -0.557. The summed E-state index contributed by atoms with van der Waals surface area (Å²) in [6, 6.07) is 9.67. The molecule has 0 spiro atoms. The molecule has 1 fully saturated rings. The lowest BCUT2D eigenvalue weighted by Gasteiger charge is -2.22. The smallest absolute Gasteiger partial charge is 0.255 e. The van der Waals surface area contributed by atoms with E-state index in [-0.39, 0.29) is 23.8 Å². The van der Waals surface area contributed by atoms with Gasteiger partial charge in [0.15, 0.2) is 5.13 Å². The van der Waals surface area contributed by atoms with Crippen molar-refractivity contribution < 1.29 is 9.18 Å². The maximum Gasteiger partial charge on any atom is 0.255 e. The molecule has 2 aromatic carbocycles. The van der Waals surface area contributed by atoms with Gasteiger partial charge in [-0.1, -0.05) is 29.0 Å². The highest BCUT2D eigenvalue weighted by Gasteiger charge is 2.31. The van der Waals surface area contributed by atoms with Crippen LogP contribution in [0.3, 0.4) is 0 Å². The SMILES string of the molecule is O=C(N[C@@H]1CCC[C@H]1Nc1nc2ccc(F)cc2s1)c1c(Cl)cccc1-n1nccn1. The number of carbonyl (C=O) groups is 1. The summed E-state index contributed by atoms with van der Waals surface area (Å²) in [6.45, 7) is 0. The number of nitrogens with zero attached hydrogens (tertiary/aromatic N) is 4. The second-order valence-corrected chi connectivity index (χ2v) is 8.78. The zero-order valence-electron chi connectivity index (χ0n) is 16.3. The first-order chi connectivity index (χ1) is 15.1. The fourth-order valence-corrected chi connectivity index (χ4v) is 5.12. The van der Waals surface area contributed by atoms with Gasteiger partial charge in [0.1, 0.15) is 5.82 Å². The lowest BCUT2D eigenvalue weighted by molar-refractivity contribution is 0.0935. The third-order valence-electron chi connectivity index (χ3n) is 5.34. The van der Waals surface area contributed by atoms with Gasteiger partial charge < -0.3 is 10.6 Å². The van der Waals surface area contributed by atoms with Gasteiger partial charge in [0, 0.05) is 12.1 Å². The van der Waals surface area contributed by atoms with Gasteiger partial charge in [-0.25, -0.2) is 9.37 Å². The van der Waals surface area contributed by atoms with E-state index in [1.54, 1.807) is 36.7 Å². The zero-order valence-corrected chi connectivity index (χ0v) is 17.8. The summed E-state index contributed by atoms with van der Waals surface area (Å²) >= 11 is 7.77. The van der Waals surface area contributed by atoms with Crippen LogP contribution in [0.15, 0.2) is 48.8 Å². The van der Waals surface area contributed by atoms with Crippen LogP contribution in [-0.2, 0) is 0 Å². The van der Waals surface area contributed by atoms with Crippen molar-refractivity contribution in [3.63, 3.8) is 0 Å². The van der Waals surface area contributed by atoms with Crippen molar-refractivity contribution in [2.24, 2.45) is 0 Å². The number of thiazole rings is 1. The predicted molar refractivity (Wildman–Crippen MR) is 118 cm³/mol. The van der Waals surface area contributed by atoms with E-state index in [9.17, 15) is 9.18 Å². The van der Waals surface area contributed by atoms with Crippen LogP contribution in [0, 0.1) is 5.82 Å². The van der Waals surface area contributed by atoms with Crippen LogP contribution in [0.5, 0.6) is 0 Å². The van der Waals surface area contributed by atoms with Gasteiger partial charge in [0.25, 0.3) is 5.91 Å². The van der Waals surface area contributed by atoms with Crippen LogP contribution in [-0.4, -0.2) is 38.0 Å². The molecule has 0 saturated heterocycles. The zero-order chi connectivity index (χ0) is 21.4. The topological polar surface area (TPSA) is 84.7 Å². The van der Waals surface area contributed by atoms with E-state index in [4.69, 9.17) is 11.6 Å². The molecule has 1 amide bonds. The predicted octanol–water partition coefficient (Wildman–Crippen LogP) is 4.43. The maximum absolute atomic E-state index is 13.5. The number of hydrogen-bond donors (Lipinski definition) is 2. The number of benzene rings is 2. The Labute approximate surface area is 186 Å². The minimum absolute atomic E-state index is 0.0168. The minimum atomic E-state index is -0.282. The summed E-state index contributed by atoms with van der Waals surface area (Å²) < 4.78 is 14.3. The highest BCUT2D eigenvalue weighted by molar-refractivity contribution is 7.22. The molecular formula is C21H18ClFN6OS. The Kier molecular flexibility index (Phi) is 5.29. The fraction of sp³-hybridized carbons (Fsp3) is 0.238. The second kappa shape index (κ2) is 8.24. The summed E-state index contributed by atoms with van der Waals surface area (Å²) in [7, 11) is 0. The lowest BCUT2D eigenvalue weighted by Crippen LogP contribution is -2.43. The minimum Gasteiger partial charge on any atom is -0.357 e. The average molecular weight is 457 g/mol. The Bertz CT molecular complexity index is 1240. The molecule has 0 aliphatic heterocycles. The Morgan fingerprint density at radius 1 is 1.16 bits per heavy atom. The largest absolute Gasteiger partial charge is 0.357 e. The van der Waals surface area contributed by atoms with E-state index in [0.717, 1.165) is 29.5 Å². The molecule has 2 heterocycles. The van der Waals surface area contributed by atoms with E-state index >= 15 is 0 Å². The first-order valence-electron chi connectivity index (χ1n) is 9.87. The molecule has 158 valence electrons. The van der Waals surface area contributed by atoms with E-state index in [0.29, 0.717) is 21.4 Å². The van der Waals surface area contributed by atoms with Gasteiger partial charge >= 0.3 is 0 Å². The van der Waals surface area contributed by atoms with Crippen molar-refractivity contribution in [3.8, 4) is 5.69 Å². The van der Waals surface area contributed by atoms with E-state index in [1.165, 1.54) is 28.3 Å². The summed E-state index contributed by atoms with van der Waals surface area (Å²) in [6.07, 6.45) is 5.79. The first kappa shape index (κ1) is 19.9. The summed E-state index contributed by atoms with van der Waals surface area (Å²) in [4.78, 5) is 19.1. The maximum atomic E-state index is 13.5. The van der Waals surface area contributed by atoms with Crippen molar-refractivity contribution in [2.45, 2.75) is 31.3 Å². The van der Waals surface area contributed by atoms with Crippen molar-refractivity contribution in [1.82, 2.24) is 25.3 Å². The van der Waals surface area contributed by atoms with Crippen LogP contribution < -0.4 is 10.6 Å². The summed E-state index contributed by atoms with van der Waals surface area (Å²) in [5, 5.41) is 15.8. The Morgan fingerprint density at radius 3 is 2.81 bits per heavy atom. The average Bonchev–Trinajstić information content (AvgIpc) is 3.49. The van der Waals surface area contributed by atoms with Crippen LogP contribution in [0.4, 0.5) is 9.52 Å². The fourth-order valence-electron chi connectivity index (χ4n) is 3.91. The molecule has 0 unspecified atom stereocenters. The Hall–Kier alpha value is -3.04.